The molecule has 0 fully saturated rings. The summed E-state index contributed by atoms with van der Waals surface area (Å²) in [7, 11) is 0. The molecule has 2 aromatic carbocycles. The van der Waals surface area contributed by atoms with Crippen LogP contribution in [0, 0.1) is 0 Å². The van der Waals surface area contributed by atoms with Crippen molar-refractivity contribution in [3.8, 4) is 11.1 Å². The molecule has 0 bridgehead atoms. The summed E-state index contributed by atoms with van der Waals surface area (Å²) in [6.45, 7) is 1.96. The molecular formula is C24H21N3O3S. The van der Waals surface area contributed by atoms with Gasteiger partial charge in [0.1, 0.15) is 4.83 Å². The van der Waals surface area contributed by atoms with E-state index in [1.807, 2.05) is 47.8 Å². The molecule has 0 saturated heterocycles. The van der Waals surface area contributed by atoms with Gasteiger partial charge in [-0.3, -0.25) is 19.0 Å². The Labute approximate surface area is 183 Å². The van der Waals surface area contributed by atoms with Crippen LogP contribution in [0.15, 0.2) is 71.1 Å². The summed E-state index contributed by atoms with van der Waals surface area (Å²) < 4.78 is 1.37. The van der Waals surface area contributed by atoms with Crippen LogP contribution in [-0.4, -0.2) is 27.8 Å². The number of hydrogen-bond acceptors (Lipinski definition) is 5. The molecule has 4 aromatic rings. The molecule has 0 saturated carbocycles. The summed E-state index contributed by atoms with van der Waals surface area (Å²) >= 11 is 1.42. The van der Waals surface area contributed by atoms with Crippen LogP contribution in [-0.2, 0) is 17.8 Å². The first-order chi connectivity index (χ1) is 15.0. The van der Waals surface area contributed by atoms with Crippen molar-refractivity contribution >= 4 is 33.2 Å². The smallest absolute Gasteiger partial charge is 0.263 e. The quantitative estimate of drug-likeness (QED) is 0.453. The SMILES string of the molecule is CC(=O)NCCc1ccc(C(=O)Cn2cnc3scc(-c4ccccc4)c3c2=O)cc1. The van der Waals surface area contributed by atoms with Crippen LogP contribution >= 0.6 is 11.3 Å². The second-order valence-corrected chi connectivity index (χ2v) is 8.08. The van der Waals surface area contributed by atoms with Gasteiger partial charge in [-0.15, -0.1) is 11.3 Å². The number of carbonyl (C=O) groups excluding carboxylic acids is 2. The van der Waals surface area contributed by atoms with E-state index >= 15 is 0 Å². The largest absolute Gasteiger partial charge is 0.356 e. The maximum Gasteiger partial charge on any atom is 0.263 e. The van der Waals surface area contributed by atoms with Gasteiger partial charge in [-0.25, -0.2) is 4.98 Å². The molecule has 2 heterocycles. The van der Waals surface area contributed by atoms with E-state index < -0.39 is 0 Å². The van der Waals surface area contributed by atoms with Crippen LogP contribution in [0.4, 0.5) is 0 Å². The number of carbonyl (C=O) groups is 2. The standard InChI is InChI=1S/C24H21N3O3S/c1-16(28)25-12-11-17-7-9-19(10-8-17)21(29)13-27-15-26-23-22(24(27)30)20(14-31-23)18-5-3-2-4-6-18/h2-10,14-15H,11-13H2,1H3,(H,25,28). The van der Waals surface area contributed by atoms with E-state index in [1.165, 1.54) is 29.2 Å². The highest BCUT2D eigenvalue weighted by atomic mass is 32.1. The van der Waals surface area contributed by atoms with Crippen LogP contribution in [0.2, 0.25) is 0 Å². The summed E-state index contributed by atoms with van der Waals surface area (Å²) in [5.41, 5.74) is 3.13. The fraction of sp³-hybridized carbons (Fsp3) is 0.167. The zero-order chi connectivity index (χ0) is 21.8. The fourth-order valence-electron chi connectivity index (χ4n) is 3.40. The second kappa shape index (κ2) is 9.06. The highest BCUT2D eigenvalue weighted by Crippen LogP contribution is 2.30. The van der Waals surface area contributed by atoms with Crippen molar-refractivity contribution in [1.82, 2.24) is 14.9 Å². The van der Waals surface area contributed by atoms with Gasteiger partial charge in [-0.05, 0) is 17.5 Å². The number of thiophene rings is 1. The molecule has 0 aliphatic heterocycles. The predicted octanol–water partition coefficient (Wildman–Crippen LogP) is 3.69. The van der Waals surface area contributed by atoms with E-state index in [-0.39, 0.29) is 23.8 Å². The van der Waals surface area contributed by atoms with Crippen molar-refractivity contribution in [1.29, 1.82) is 0 Å². The molecule has 1 N–H and O–H groups in total. The van der Waals surface area contributed by atoms with Crippen molar-refractivity contribution in [2.24, 2.45) is 0 Å². The van der Waals surface area contributed by atoms with E-state index in [1.54, 1.807) is 12.1 Å². The maximum atomic E-state index is 13.1. The van der Waals surface area contributed by atoms with Gasteiger partial charge in [0.25, 0.3) is 5.56 Å². The highest BCUT2D eigenvalue weighted by molar-refractivity contribution is 7.17. The Kier molecular flexibility index (Phi) is 6.04. The van der Waals surface area contributed by atoms with Crippen LogP contribution in [0.25, 0.3) is 21.3 Å². The Morgan fingerprint density at radius 1 is 1.06 bits per heavy atom. The highest BCUT2D eigenvalue weighted by Gasteiger charge is 2.15. The van der Waals surface area contributed by atoms with E-state index in [4.69, 9.17) is 0 Å². The zero-order valence-corrected chi connectivity index (χ0v) is 17.8. The monoisotopic (exact) mass is 431 g/mol. The van der Waals surface area contributed by atoms with Crippen molar-refractivity contribution in [2.75, 3.05) is 6.54 Å². The number of rotatable bonds is 7. The predicted molar refractivity (Wildman–Crippen MR) is 122 cm³/mol. The minimum absolute atomic E-state index is 0.0659. The third kappa shape index (κ3) is 4.62. The van der Waals surface area contributed by atoms with Gasteiger partial charge in [0.05, 0.1) is 18.3 Å². The molecule has 0 spiro atoms. The molecule has 4 rings (SSSR count). The summed E-state index contributed by atoms with van der Waals surface area (Å²) in [5.74, 6) is -0.225. The van der Waals surface area contributed by atoms with E-state index in [9.17, 15) is 14.4 Å². The van der Waals surface area contributed by atoms with E-state index in [0.29, 0.717) is 28.7 Å². The molecule has 0 unspecified atom stereocenters. The van der Waals surface area contributed by atoms with Gasteiger partial charge in [-0.1, -0.05) is 54.6 Å². The molecule has 2 aromatic heterocycles. The third-order valence-corrected chi connectivity index (χ3v) is 5.91. The lowest BCUT2D eigenvalue weighted by Gasteiger charge is -2.07. The van der Waals surface area contributed by atoms with E-state index in [2.05, 4.69) is 10.3 Å². The van der Waals surface area contributed by atoms with Crippen molar-refractivity contribution in [3.63, 3.8) is 0 Å². The van der Waals surface area contributed by atoms with Gasteiger partial charge < -0.3 is 5.32 Å². The van der Waals surface area contributed by atoms with Crippen LogP contribution < -0.4 is 10.9 Å². The molecule has 31 heavy (non-hydrogen) atoms. The second-order valence-electron chi connectivity index (χ2n) is 7.23. The maximum absolute atomic E-state index is 13.1. The number of Topliss-reactive ketones (excluding diaryl/α,β-unsaturated/α-hetero) is 1. The Bertz CT molecular complexity index is 1290. The molecule has 7 heteroatoms. The number of fused-ring (bicyclic) bond motifs is 1. The minimum Gasteiger partial charge on any atom is -0.356 e. The topological polar surface area (TPSA) is 81.1 Å². The Morgan fingerprint density at radius 3 is 2.52 bits per heavy atom. The van der Waals surface area contributed by atoms with Crippen LogP contribution in [0.1, 0.15) is 22.8 Å². The van der Waals surface area contributed by atoms with Crippen molar-refractivity contribution in [3.05, 3.63) is 87.8 Å². The average Bonchev–Trinajstić information content (AvgIpc) is 3.21. The zero-order valence-electron chi connectivity index (χ0n) is 17.0. The normalized spacial score (nSPS) is 10.9. The number of hydrogen-bond donors (Lipinski definition) is 1. The Hall–Kier alpha value is -3.58. The average molecular weight is 432 g/mol. The van der Waals surface area contributed by atoms with Crippen LogP contribution in [0.3, 0.4) is 0 Å². The summed E-state index contributed by atoms with van der Waals surface area (Å²) in [6, 6.07) is 16.9. The molecular weight excluding hydrogens is 410 g/mol. The van der Waals surface area contributed by atoms with E-state index in [0.717, 1.165) is 16.7 Å². The van der Waals surface area contributed by atoms with Gasteiger partial charge in [0.2, 0.25) is 5.91 Å². The van der Waals surface area contributed by atoms with Gasteiger partial charge in [-0.2, -0.15) is 0 Å². The van der Waals surface area contributed by atoms with Crippen molar-refractivity contribution in [2.45, 2.75) is 19.9 Å². The Morgan fingerprint density at radius 2 is 1.81 bits per heavy atom. The van der Waals surface area contributed by atoms with Gasteiger partial charge in [0, 0.05) is 30.0 Å². The Balaban J connectivity index is 1.54. The lowest BCUT2D eigenvalue weighted by molar-refractivity contribution is -0.118. The molecule has 0 atom stereocenters. The molecule has 0 aliphatic rings. The molecule has 0 aliphatic carbocycles. The minimum atomic E-state index is -0.217. The number of nitrogens with one attached hydrogen (secondary N) is 1. The first kappa shape index (κ1) is 20.7. The number of amides is 1. The lowest BCUT2D eigenvalue weighted by Crippen LogP contribution is -2.24. The summed E-state index contributed by atoms with van der Waals surface area (Å²) in [6.07, 6.45) is 2.13. The molecule has 0 radical (unpaired) electrons. The number of benzene rings is 2. The summed E-state index contributed by atoms with van der Waals surface area (Å²) in [4.78, 5) is 41.9. The first-order valence-electron chi connectivity index (χ1n) is 9.91. The fourth-order valence-corrected chi connectivity index (χ4v) is 4.30. The lowest BCUT2D eigenvalue weighted by atomic mass is 10.1. The third-order valence-electron chi connectivity index (χ3n) is 5.02. The number of aromatic nitrogens is 2. The molecule has 6 nitrogen and oxygen atoms in total. The number of nitrogens with zero attached hydrogens (tertiary/aromatic N) is 2. The molecule has 1 amide bonds. The van der Waals surface area contributed by atoms with Crippen LogP contribution in [0.5, 0.6) is 0 Å². The van der Waals surface area contributed by atoms with Gasteiger partial charge >= 0.3 is 0 Å². The molecule has 156 valence electrons. The van der Waals surface area contributed by atoms with Crippen molar-refractivity contribution < 1.29 is 9.59 Å². The first-order valence-corrected chi connectivity index (χ1v) is 10.8. The van der Waals surface area contributed by atoms with Gasteiger partial charge in [0.15, 0.2) is 5.78 Å². The summed E-state index contributed by atoms with van der Waals surface area (Å²) in [5, 5.41) is 5.22. The number of ketones is 1.